The van der Waals surface area contributed by atoms with Crippen molar-refractivity contribution in [3.05, 3.63) is 85.3 Å². The Morgan fingerprint density at radius 2 is 1.42 bits per heavy atom. The lowest BCUT2D eigenvalue weighted by molar-refractivity contribution is -0.106. The molecule has 0 aliphatic rings. The predicted molar refractivity (Wildman–Crippen MR) is 95.0 cm³/mol. The maximum atomic E-state index is 11.0. The highest BCUT2D eigenvalue weighted by Gasteiger charge is 2.08. The summed E-state index contributed by atoms with van der Waals surface area (Å²) in [6.45, 7) is 0. The van der Waals surface area contributed by atoms with Crippen molar-refractivity contribution in [3.8, 4) is 0 Å². The molecule has 1 aromatic carbocycles. The molecule has 5 heteroatoms. The maximum Gasteiger partial charge on any atom is 0.221 e. The SMILES string of the molecule is O=CN(c1ccccn1)c1ccccn1.c1ccc2[nH]ccc2c1. The monoisotopic (exact) mass is 316 g/mol. The van der Waals surface area contributed by atoms with Crippen LogP contribution in [0.3, 0.4) is 0 Å². The second kappa shape index (κ2) is 7.69. The zero-order chi connectivity index (χ0) is 16.6. The Morgan fingerprint density at radius 3 is 1.96 bits per heavy atom. The number of benzene rings is 1. The number of nitrogens with zero attached hydrogens (tertiary/aromatic N) is 3. The van der Waals surface area contributed by atoms with Gasteiger partial charge in [-0.3, -0.25) is 9.69 Å². The average Bonchev–Trinajstić information content (AvgIpc) is 3.14. The number of carbonyl (C=O) groups excluding carboxylic acids is 1. The molecule has 0 atom stereocenters. The largest absolute Gasteiger partial charge is 0.361 e. The number of hydrogen-bond acceptors (Lipinski definition) is 3. The van der Waals surface area contributed by atoms with Crippen molar-refractivity contribution >= 4 is 28.9 Å². The zero-order valence-electron chi connectivity index (χ0n) is 12.9. The first-order chi connectivity index (χ1) is 11.9. The van der Waals surface area contributed by atoms with Gasteiger partial charge in [-0.25, -0.2) is 9.97 Å². The molecule has 4 aromatic rings. The lowest BCUT2D eigenvalue weighted by Crippen LogP contribution is -2.16. The molecule has 0 fully saturated rings. The molecular weight excluding hydrogens is 300 g/mol. The molecule has 0 aliphatic heterocycles. The van der Waals surface area contributed by atoms with E-state index in [9.17, 15) is 4.79 Å². The van der Waals surface area contributed by atoms with E-state index < -0.39 is 0 Å². The molecule has 0 aliphatic carbocycles. The van der Waals surface area contributed by atoms with E-state index in [1.165, 1.54) is 15.8 Å². The minimum absolute atomic E-state index is 0.561. The Kier molecular flexibility index (Phi) is 4.94. The van der Waals surface area contributed by atoms with Gasteiger partial charge in [0, 0.05) is 24.1 Å². The molecule has 0 unspecified atom stereocenters. The highest BCUT2D eigenvalue weighted by Crippen LogP contribution is 2.17. The number of hydrogen-bond donors (Lipinski definition) is 1. The number of para-hydroxylation sites is 1. The number of fused-ring (bicyclic) bond motifs is 1. The van der Waals surface area contributed by atoms with Crippen molar-refractivity contribution in [2.45, 2.75) is 0 Å². The maximum absolute atomic E-state index is 11.0. The van der Waals surface area contributed by atoms with Crippen LogP contribution in [0, 0.1) is 0 Å². The minimum atomic E-state index is 0.561. The van der Waals surface area contributed by atoms with Gasteiger partial charge < -0.3 is 4.98 Å². The van der Waals surface area contributed by atoms with Crippen molar-refractivity contribution in [1.82, 2.24) is 15.0 Å². The molecule has 0 radical (unpaired) electrons. The second-order valence-electron chi connectivity index (χ2n) is 4.92. The Bertz CT molecular complexity index is 821. The summed E-state index contributed by atoms with van der Waals surface area (Å²) in [5.74, 6) is 1.12. The molecule has 0 saturated heterocycles. The summed E-state index contributed by atoms with van der Waals surface area (Å²) in [5, 5.41) is 1.28. The van der Waals surface area contributed by atoms with Gasteiger partial charge in [0.05, 0.1) is 0 Å². The average molecular weight is 316 g/mol. The van der Waals surface area contributed by atoms with Crippen LogP contribution in [0.15, 0.2) is 85.3 Å². The van der Waals surface area contributed by atoms with Gasteiger partial charge in [0.15, 0.2) is 0 Å². The Hall–Kier alpha value is -3.47. The van der Waals surface area contributed by atoms with E-state index in [2.05, 4.69) is 33.2 Å². The van der Waals surface area contributed by atoms with E-state index in [-0.39, 0.29) is 0 Å². The number of pyridine rings is 2. The van der Waals surface area contributed by atoms with Gasteiger partial charge in [0.1, 0.15) is 11.6 Å². The second-order valence-corrected chi connectivity index (χ2v) is 4.92. The van der Waals surface area contributed by atoms with E-state index in [4.69, 9.17) is 0 Å². The normalized spacial score (nSPS) is 9.83. The van der Waals surface area contributed by atoms with E-state index in [1.807, 2.05) is 30.5 Å². The third kappa shape index (κ3) is 3.64. The number of carbonyl (C=O) groups is 1. The first-order valence-electron chi connectivity index (χ1n) is 7.47. The summed E-state index contributed by atoms with van der Waals surface area (Å²) in [4.78, 5) is 23.6. The summed E-state index contributed by atoms with van der Waals surface area (Å²) in [7, 11) is 0. The fraction of sp³-hybridized carbons (Fsp3) is 0. The molecule has 0 saturated carbocycles. The van der Waals surface area contributed by atoms with E-state index >= 15 is 0 Å². The number of amides is 1. The molecular formula is C19H16N4O. The smallest absolute Gasteiger partial charge is 0.221 e. The van der Waals surface area contributed by atoms with Crippen molar-refractivity contribution in [2.24, 2.45) is 0 Å². The van der Waals surface area contributed by atoms with Crippen LogP contribution in [0.2, 0.25) is 0 Å². The van der Waals surface area contributed by atoms with Gasteiger partial charge in [-0.1, -0.05) is 30.3 Å². The summed E-state index contributed by atoms with van der Waals surface area (Å²) < 4.78 is 0. The quantitative estimate of drug-likeness (QED) is 0.582. The van der Waals surface area contributed by atoms with Gasteiger partial charge in [-0.15, -0.1) is 0 Å². The van der Waals surface area contributed by atoms with Crippen LogP contribution in [-0.4, -0.2) is 21.4 Å². The highest BCUT2D eigenvalue weighted by molar-refractivity contribution is 5.82. The standard InChI is InChI=1S/C11H9N3O.C8H7N/c15-9-14(10-5-1-3-7-12-10)11-6-2-4-8-13-11;1-2-4-8-7(3-1)5-6-9-8/h1-9H;1-6,9H. The van der Waals surface area contributed by atoms with Crippen molar-refractivity contribution in [3.63, 3.8) is 0 Å². The van der Waals surface area contributed by atoms with Gasteiger partial charge in [0.2, 0.25) is 6.41 Å². The van der Waals surface area contributed by atoms with Crippen LogP contribution in [0.4, 0.5) is 11.6 Å². The first kappa shape index (κ1) is 15.4. The third-order valence-corrected chi connectivity index (χ3v) is 3.36. The highest BCUT2D eigenvalue weighted by atomic mass is 16.1. The van der Waals surface area contributed by atoms with Crippen molar-refractivity contribution < 1.29 is 4.79 Å². The molecule has 5 nitrogen and oxygen atoms in total. The number of rotatable bonds is 3. The lowest BCUT2D eigenvalue weighted by Gasteiger charge is -2.14. The van der Waals surface area contributed by atoms with Crippen LogP contribution in [0.25, 0.3) is 10.9 Å². The minimum Gasteiger partial charge on any atom is -0.361 e. The number of nitrogens with one attached hydrogen (secondary N) is 1. The molecule has 1 N–H and O–H groups in total. The number of H-pyrrole nitrogens is 1. The lowest BCUT2D eigenvalue weighted by atomic mass is 10.3. The molecule has 118 valence electrons. The molecule has 1 amide bonds. The van der Waals surface area contributed by atoms with Crippen LogP contribution in [-0.2, 0) is 4.79 Å². The van der Waals surface area contributed by atoms with Crippen LogP contribution >= 0.6 is 0 Å². The summed E-state index contributed by atoms with van der Waals surface area (Å²) in [6, 6.07) is 21.0. The van der Waals surface area contributed by atoms with Crippen molar-refractivity contribution in [1.29, 1.82) is 0 Å². The Balaban J connectivity index is 0.000000159. The fourth-order valence-electron chi connectivity index (χ4n) is 2.21. The summed E-state index contributed by atoms with van der Waals surface area (Å²) >= 11 is 0. The van der Waals surface area contributed by atoms with E-state index in [1.54, 1.807) is 36.7 Å². The summed E-state index contributed by atoms with van der Waals surface area (Å²) in [5.41, 5.74) is 1.21. The number of aromatic nitrogens is 3. The van der Waals surface area contributed by atoms with E-state index in [0.717, 1.165) is 0 Å². The summed E-state index contributed by atoms with van der Waals surface area (Å²) in [6.07, 6.45) is 5.92. The molecule has 24 heavy (non-hydrogen) atoms. The number of anilines is 2. The Labute approximate surface area is 139 Å². The Morgan fingerprint density at radius 1 is 0.792 bits per heavy atom. The number of aromatic amines is 1. The van der Waals surface area contributed by atoms with Gasteiger partial charge in [-0.2, -0.15) is 0 Å². The van der Waals surface area contributed by atoms with Crippen LogP contribution in [0.1, 0.15) is 0 Å². The van der Waals surface area contributed by atoms with Crippen LogP contribution < -0.4 is 4.90 Å². The third-order valence-electron chi connectivity index (χ3n) is 3.36. The predicted octanol–water partition coefficient (Wildman–Crippen LogP) is 3.94. The molecule has 0 spiro atoms. The van der Waals surface area contributed by atoms with Crippen molar-refractivity contribution in [2.75, 3.05) is 4.90 Å². The topological polar surface area (TPSA) is 61.9 Å². The zero-order valence-corrected chi connectivity index (χ0v) is 12.9. The first-order valence-corrected chi connectivity index (χ1v) is 7.47. The van der Waals surface area contributed by atoms with Gasteiger partial charge in [0.25, 0.3) is 0 Å². The fourth-order valence-corrected chi connectivity index (χ4v) is 2.21. The van der Waals surface area contributed by atoms with Gasteiger partial charge >= 0.3 is 0 Å². The van der Waals surface area contributed by atoms with Gasteiger partial charge in [-0.05, 0) is 41.8 Å². The molecule has 4 rings (SSSR count). The molecule has 3 aromatic heterocycles. The molecule has 0 bridgehead atoms. The molecule has 3 heterocycles. The van der Waals surface area contributed by atoms with E-state index in [0.29, 0.717) is 18.0 Å². The van der Waals surface area contributed by atoms with Crippen LogP contribution in [0.5, 0.6) is 0 Å².